The van der Waals surface area contributed by atoms with Gasteiger partial charge in [-0.25, -0.2) is 4.98 Å². The molecular formula is C20H35N5O. The zero-order valence-electron chi connectivity index (χ0n) is 16.7. The van der Waals surface area contributed by atoms with Crippen LogP contribution in [0.1, 0.15) is 32.8 Å². The van der Waals surface area contributed by atoms with Crippen LogP contribution in [0.3, 0.4) is 0 Å². The van der Waals surface area contributed by atoms with Gasteiger partial charge in [0.15, 0.2) is 0 Å². The van der Waals surface area contributed by atoms with Crippen molar-refractivity contribution in [1.82, 2.24) is 20.1 Å². The molecule has 0 bridgehead atoms. The monoisotopic (exact) mass is 361 g/mol. The van der Waals surface area contributed by atoms with Crippen LogP contribution in [0, 0.1) is 0 Å². The van der Waals surface area contributed by atoms with Crippen LogP contribution in [0.2, 0.25) is 0 Å². The Hall–Kier alpha value is -1.66. The summed E-state index contributed by atoms with van der Waals surface area (Å²) in [6, 6.07) is 4.11. The number of rotatable bonds is 10. The van der Waals surface area contributed by atoms with Crippen LogP contribution in [0.25, 0.3) is 0 Å². The predicted octanol–water partition coefficient (Wildman–Crippen LogP) is 1.61. The highest BCUT2D eigenvalue weighted by molar-refractivity contribution is 5.76. The van der Waals surface area contributed by atoms with Crippen molar-refractivity contribution in [3.05, 3.63) is 23.9 Å². The number of aromatic nitrogens is 1. The molecule has 1 amide bonds. The Morgan fingerprint density at radius 1 is 1.15 bits per heavy atom. The van der Waals surface area contributed by atoms with Crippen molar-refractivity contribution in [3.8, 4) is 0 Å². The van der Waals surface area contributed by atoms with Gasteiger partial charge in [-0.2, -0.15) is 0 Å². The molecule has 146 valence electrons. The number of amides is 1. The standard InChI is InChI=1S/C20H35N5O/c1-4-23-13-15-24(16-14-23)12-11-22-20(26)8-7-18-9-10-21-19(17-18)25(5-2)6-3/h9-10,17H,4-8,11-16H2,1-3H3,(H,22,26). The molecule has 0 unspecified atom stereocenters. The number of nitrogens with one attached hydrogen (secondary N) is 1. The number of hydrogen-bond acceptors (Lipinski definition) is 5. The van der Waals surface area contributed by atoms with E-state index in [0.29, 0.717) is 6.42 Å². The van der Waals surface area contributed by atoms with E-state index in [1.54, 1.807) is 0 Å². The number of carbonyl (C=O) groups excluding carboxylic acids is 1. The van der Waals surface area contributed by atoms with Crippen molar-refractivity contribution in [3.63, 3.8) is 0 Å². The van der Waals surface area contributed by atoms with Crippen LogP contribution in [0.15, 0.2) is 18.3 Å². The fraction of sp³-hybridized carbons (Fsp3) is 0.700. The van der Waals surface area contributed by atoms with Gasteiger partial charge in [0.1, 0.15) is 5.82 Å². The van der Waals surface area contributed by atoms with Crippen molar-refractivity contribution in [1.29, 1.82) is 0 Å². The van der Waals surface area contributed by atoms with E-state index in [1.807, 2.05) is 12.3 Å². The molecule has 0 saturated carbocycles. The molecular weight excluding hydrogens is 326 g/mol. The average Bonchev–Trinajstić information content (AvgIpc) is 2.68. The number of aryl methyl sites for hydroxylation is 1. The maximum atomic E-state index is 12.1. The van der Waals surface area contributed by atoms with Crippen LogP contribution in [-0.2, 0) is 11.2 Å². The van der Waals surface area contributed by atoms with Gasteiger partial charge in [-0.15, -0.1) is 0 Å². The zero-order chi connectivity index (χ0) is 18.8. The van der Waals surface area contributed by atoms with Gasteiger partial charge in [0, 0.05) is 65.0 Å². The van der Waals surface area contributed by atoms with Crippen molar-refractivity contribution >= 4 is 11.7 Å². The van der Waals surface area contributed by atoms with E-state index < -0.39 is 0 Å². The van der Waals surface area contributed by atoms with Crippen molar-refractivity contribution in [2.24, 2.45) is 0 Å². The van der Waals surface area contributed by atoms with E-state index in [-0.39, 0.29) is 5.91 Å². The molecule has 0 spiro atoms. The van der Waals surface area contributed by atoms with Gasteiger partial charge < -0.3 is 15.1 Å². The second kappa shape index (κ2) is 11.1. The van der Waals surface area contributed by atoms with Gasteiger partial charge in [0.2, 0.25) is 5.91 Å². The first kappa shape index (κ1) is 20.6. The summed E-state index contributed by atoms with van der Waals surface area (Å²) in [4.78, 5) is 23.7. The largest absolute Gasteiger partial charge is 0.357 e. The second-order valence-electron chi connectivity index (χ2n) is 6.82. The molecule has 1 aromatic rings. The third-order valence-corrected chi connectivity index (χ3v) is 5.20. The SMILES string of the molecule is CCN1CCN(CCNC(=O)CCc2ccnc(N(CC)CC)c2)CC1. The number of anilines is 1. The van der Waals surface area contributed by atoms with Crippen molar-refractivity contribution in [2.45, 2.75) is 33.6 Å². The smallest absolute Gasteiger partial charge is 0.220 e. The van der Waals surface area contributed by atoms with E-state index in [2.05, 4.69) is 51.8 Å². The van der Waals surface area contributed by atoms with Crippen LogP contribution < -0.4 is 10.2 Å². The highest BCUT2D eigenvalue weighted by Gasteiger charge is 2.15. The molecule has 6 heteroatoms. The molecule has 0 aromatic carbocycles. The summed E-state index contributed by atoms with van der Waals surface area (Å²) in [5.74, 6) is 1.14. The predicted molar refractivity (Wildman–Crippen MR) is 108 cm³/mol. The van der Waals surface area contributed by atoms with Gasteiger partial charge in [-0.1, -0.05) is 6.92 Å². The number of likely N-dealkylation sites (N-methyl/N-ethyl adjacent to an activating group) is 1. The summed E-state index contributed by atoms with van der Waals surface area (Å²) >= 11 is 0. The first-order valence-corrected chi connectivity index (χ1v) is 10.1. The first-order chi connectivity index (χ1) is 12.7. The summed E-state index contributed by atoms with van der Waals surface area (Å²) in [7, 11) is 0. The molecule has 0 radical (unpaired) electrons. The molecule has 1 saturated heterocycles. The zero-order valence-corrected chi connectivity index (χ0v) is 16.7. The second-order valence-corrected chi connectivity index (χ2v) is 6.82. The number of piperazine rings is 1. The van der Waals surface area contributed by atoms with Gasteiger partial charge in [-0.05, 0) is 44.5 Å². The lowest BCUT2D eigenvalue weighted by atomic mass is 10.1. The van der Waals surface area contributed by atoms with E-state index in [9.17, 15) is 4.79 Å². The maximum Gasteiger partial charge on any atom is 0.220 e. The minimum absolute atomic E-state index is 0.137. The number of hydrogen-bond donors (Lipinski definition) is 1. The third kappa shape index (κ3) is 6.57. The number of nitrogens with zero attached hydrogens (tertiary/aromatic N) is 4. The summed E-state index contributed by atoms with van der Waals surface area (Å²) in [5.41, 5.74) is 1.17. The number of carbonyl (C=O) groups is 1. The van der Waals surface area contributed by atoms with E-state index in [4.69, 9.17) is 0 Å². The van der Waals surface area contributed by atoms with Gasteiger partial charge >= 0.3 is 0 Å². The molecule has 26 heavy (non-hydrogen) atoms. The van der Waals surface area contributed by atoms with Gasteiger partial charge in [-0.3, -0.25) is 9.69 Å². The van der Waals surface area contributed by atoms with Crippen molar-refractivity contribution < 1.29 is 4.79 Å². The van der Waals surface area contributed by atoms with Crippen LogP contribution in [0.4, 0.5) is 5.82 Å². The molecule has 1 N–H and O–H groups in total. The van der Waals surface area contributed by atoms with E-state index in [0.717, 1.165) is 71.1 Å². The Balaban J connectivity index is 1.66. The molecule has 1 aliphatic heterocycles. The Morgan fingerprint density at radius 2 is 1.85 bits per heavy atom. The Labute approximate surface area is 158 Å². The molecule has 6 nitrogen and oxygen atoms in total. The van der Waals surface area contributed by atoms with Gasteiger partial charge in [0.25, 0.3) is 0 Å². The highest BCUT2D eigenvalue weighted by atomic mass is 16.1. The average molecular weight is 362 g/mol. The maximum absolute atomic E-state index is 12.1. The third-order valence-electron chi connectivity index (χ3n) is 5.20. The highest BCUT2D eigenvalue weighted by Crippen LogP contribution is 2.13. The molecule has 2 heterocycles. The Bertz CT molecular complexity index is 539. The lowest BCUT2D eigenvalue weighted by Crippen LogP contribution is -2.48. The van der Waals surface area contributed by atoms with Crippen LogP contribution >= 0.6 is 0 Å². The number of pyridine rings is 1. The fourth-order valence-corrected chi connectivity index (χ4v) is 3.37. The molecule has 0 aliphatic carbocycles. The summed E-state index contributed by atoms with van der Waals surface area (Å²) < 4.78 is 0. The molecule has 2 rings (SSSR count). The quantitative estimate of drug-likeness (QED) is 0.686. The Kier molecular flexibility index (Phi) is 8.85. The molecule has 1 aromatic heterocycles. The van der Waals surface area contributed by atoms with Crippen LogP contribution in [0.5, 0.6) is 0 Å². The summed E-state index contributed by atoms with van der Waals surface area (Å²) in [6.45, 7) is 15.7. The summed E-state index contributed by atoms with van der Waals surface area (Å²) in [5, 5.41) is 3.06. The lowest BCUT2D eigenvalue weighted by Gasteiger charge is -2.33. The van der Waals surface area contributed by atoms with E-state index >= 15 is 0 Å². The normalized spacial score (nSPS) is 15.8. The minimum atomic E-state index is 0.137. The minimum Gasteiger partial charge on any atom is -0.357 e. The lowest BCUT2D eigenvalue weighted by molar-refractivity contribution is -0.121. The first-order valence-electron chi connectivity index (χ1n) is 10.1. The summed E-state index contributed by atoms with van der Waals surface area (Å²) in [6.07, 6.45) is 3.14. The van der Waals surface area contributed by atoms with E-state index in [1.165, 1.54) is 5.56 Å². The molecule has 1 fully saturated rings. The fourth-order valence-electron chi connectivity index (χ4n) is 3.37. The van der Waals surface area contributed by atoms with Gasteiger partial charge in [0.05, 0.1) is 0 Å². The topological polar surface area (TPSA) is 51.7 Å². The van der Waals surface area contributed by atoms with Crippen molar-refractivity contribution in [2.75, 3.05) is 63.8 Å². The molecule has 1 aliphatic rings. The Morgan fingerprint density at radius 3 is 2.50 bits per heavy atom. The molecule has 0 atom stereocenters. The van der Waals surface area contributed by atoms with Crippen LogP contribution in [-0.4, -0.2) is 79.6 Å².